The highest BCUT2D eigenvalue weighted by molar-refractivity contribution is 5.85. The van der Waals surface area contributed by atoms with E-state index >= 15 is 0 Å². The largest absolute Gasteiger partial charge is 0.467 e. The Morgan fingerprint density at radius 1 is 1.80 bits per heavy atom. The van der Waals surface area contributed by atoms with Crippen molar-refractivity contribution < 1.29 is 19.4 Å². The van der Waals surface area contributed by atoms with E-state index in [1.54, 1.807) is 12.2 Å². The minimum Gasteiger partial charge on any atom is -0.467 e. The summed E-state index contributed by atoms with van der Waals surface area (Å²) in [5.41, 5.74) is 0.722. The van der Waals surface area contributed by atoms with Crippen LogP contribution in [0.15, 0.2) is 24.3 Å². The Morgan fingerprint density at radius 3 is 2.93 bits per heavy atom. The number of hydrogen-bond acceptors (Lipinski definition) is 3. The third kappa shape index (κ3) is 2.18. The van der Waals surface area contributed by atoms with Crippen LogP contribution in [-0.2, 0) is 9.53 Å². The second-order valence-electron chi connectivity index (χ2n) is 3.13. The summed E-state index contributed by atoms with van der Waals surface area (Å²) in [5, 5.41) is 8.87. The first-order chi connectivity index (χ1) is 7.11. The van der Waals surface area contributed by atoms with Crippen LogP contribution in [0.4, 0.5) is 4.79 Å². The second kappa shape index (κ2) is 4.63. The molecule has 0 spiro atoms. The highest BCUT2D eigenvalue weighted by Gasteiger charge is 2.36. The summed E-state index contributed by atoms with van der Waals surface area (Å²) >= 11 is 0. The molecule has 1 N–H and O–H groups in total. The zero-order valence-corrected chi connectivity index (χ0v) is 8.47. The predicted octanol–water partition coefficient (Wildman–Crippen LogP) is 1.02. The molecule has 0 aromatic carbocycles. The Kier molecular flexibility index (Phi) is 3.49. The van der Waals surface area contributed by atoms with Crippen LogP contribution in [0.5, 0.6) is 0 Å². The molecule has 0 bridgehead atoms. The Balaban J connectivity index is 2.88. The molecular weight excluding hydrogens is 198 g/mol. The Labute approximate surface area is 87.6 Å². The van der Waals surface area contributed by atoms with Crippen LogP contribution in [-0.4, -0.2) is 41.8 Å². The van der Waals surface area contributed by atoms with Crippen molar-refractivity contribution in [2.45, 2.75) is 12.5 Å². The highest BCUT2D eigenvalue weighted by atomic mass is 16.5. The van der Waals surface area contributed by atoms with Crippen LogP contribution in [0.1, 0.15) is 6.42 Å². The van der Waals surface area contributed by atoms with Gasteiger partial charge in [-0.05, 0) is 12.0 Å². The fourth-order valence-electron chi connectivity index (χ4n) is 1.57. The van der Waals surface area contributed by atoms with Crippen molar-refractivity contribution >= 4 is 12.1 Å². The molecule has 1 atom stereocenters. The summed E-state index contributed by atoms with van der Waals surface area (Å²) in [6.45, 7) is 3.78. The number of nitrogens with zero attached hydrogens (tertiary/aromatic N) is 1. The highest BCUT2D eigenvalue weighted by Crippen LogP contribution is 2.22. The number of hydrogen-bond donors (Lipinski definition) is 1. The monoisotopic (exact) mass is 211 g/mol. The number of allylic oxidation sites excluding steroid dienone is 1. The minimum atomic E-state index is -1.12. The van der Waals surface area contributed by atoms with E-state index in [9.17, 15) is 9.59 Å². The SMILES string of the molecule is C=CCC1=CCN(C(=O)O)C1C(=O)OC. The summed E-state index contributed by atoms with van der Waals surface area (Å²) < 4.78 is 4.57. The first-order valence-electron chi connectivity index (χ1n) is 4.49. The molecule has 1 aliphatic heterocycles. The normalized spacial score (nSPS) is 19.7. The smallest absolute Gasteiger partial charge is 0.408 e. The standard InChI is InChI=1S/C10H13NO4/c1-3-4-7-5-6-11(10(13)14)8(7)9(12)15-2/h3,5,8H,1,4,6H2,2H3,(H,13,14). The number of ether oxygens (including phenoxy) is 1. The van der Waals surface area contributed by atoms with Gasteiger partial charge in [0.05, 0.1) is 7.11 Å². The van der Waals surface area contributed by atoms with Crippen LogP contribution in [0.2, 0.25) is 0 Å². The average Bonchev–Trinajstić information content (AvgIpc) is 2.61. The number of esters is 1. The van der Waals surface area contributed by atoms with Crippen molar-refractivity contribution in [2.24, 2.45) is 0 Å². The molecule has 0 aliphatic carbocycles. The molecule has 1 aliphatic rings. The van der Waals surface area contributed by atoms with E-state index < -0.39 is 18.1 Å². The van der Waals surface area contributed by atoms with Crippen molar-refractivity contribution in [1.82, 2.24) is 4.90 Å². The van der Waals surface area contributed by atoms with E-state index in [2.05, 4.69) is 11.3 Å². The molecule has 0 fully saturated rings. The maximum atomic E-state index is 11.4. The van der Waals surface area contributed by atoms with Crippen LogP contribution >= 0.6 is 0 Å². The molecule has 0 aromatic rings. The molecule has 5 nitrogen and oxygen atoms in total. The maximum absolute atomic E-state index is 11.4. The predicted molar refractivity (Wildman–Crippen MR) is 53.4 cm³/mol. The molecule has 82 valence electrons. The number of methoxy groups -OCH3 is 1. The molecule has 0 radical (unpaired) electrons. The lowest BCUT2D eigenvalue weighted by Gasteiger charge is -2.21. The topological polar surface area (TPSA) is 66.8 Å². The molecule has 1 unspecified atom stereocenters. The van der Waals surface area contributed by atoms with Gasteiger partial charge >= 0.3 is 12.1 Å². The summed E-state index contributed by atoms with van der Waals surface area (Å²) in [6, 6.07) is -0.814. The number of rotatable bonds is 3. The quantitative estimate of drug-likeness (QED) is 0.559. The fraction of sp³-hybridized carbons (Fsp3) is 0.400. The van der Waals surface area contributed by atoms with Crippen LogP contribution in [0, 0.1) is 0 Å². The van der Waals surface area contributed by atoms with Gasteiger partial charge in [-0.3, -0.25) is 4.90 Å². The lowest BCUT2D eigenvalue weighted by atomic mass is 10.1. The van der Waals surface area contributed by atoms with Gasteiger partial charge in [0.1, 0.15) is 0 Å². The maximum Gasteiger partial charge on any atom is 0.408 e. The van der Waals surface area contributed by atoms with Gasteiger partial charge in [-0.15, -0.1) is 6.58 Å². The number of carboxylic acid groups (broad SMARTS) is 1. The minimum absolute atomic E-state index is 0.221. The molecule has 1 amide bonds. The molecule has 1 heterocycles. The van der Waals surface area contributed by atoms with Gasteiger partial charge in [0, 0.05) is 6.54 Å². The number of carbonyl (C=O) groups excluding carboxylic acids is 1. The Bertz CT molecular complexity index is 321. The van der Waals surface area contributed by atoms with Gasteiger partial charge < -0.3 is 9.84 Å². The molecule has 0 saturated heterocycles. The van der Waals surface area contributed by atoms with E-state index in [0.29, 0.717) is 6.42 Å². The van der Waals surface area contributed by atoms with Crippen LogP contribution < -0.4 is 0 Å². The third-order valence-corrected chi connectivity index (χ3v) is 2.26. The van der Waals surface area contributed by atoms with Crippen molar-refractivity contribution in [3.63, 3.8) is 0 Å². The summed E-state index contributed by atoms with van der Waals surface area (Å²) in [6.07, 6.45) is 2.72. The summed E-state index contributed by atoms with van der Waals surface area (Å²) in [4.78, 5) is 23.3. The third-order valence-electron chi connectivity index (χ3n) is 2.26. The van der Waals surface area contributed by atoms with Crippen molar-refractivity contribution in [3.05, 3.63) is 24.3 Å². The van der Waals surface area contributed by atoms with Crippen molar-refractivity contribution in [1.29, 1.82) is 0 Å². The number of amides is 1. The lowest BCUT2D eigenvalue weighted by Crippen LogP contribution is -2.42. The average molecular weight is 211 g/mol. The Morgan fingerprint density at radius 2 is 2.47 bits per heavy atom. The van der Waals surface area contributed by atoms with E-state index in [1.165, 1.54) is 7.11 Å². The van der Waals surface area contributed by atoms with Crippen LogP contribution in [0.3, 0.4) is 0 Å². The first-order valence-corrected chi connectivity index (χ1v) is 4.49. The number of carbonyl (C=O) groups is 2. The van der Waals surface area contributed by atoms with Gasteiger partial charge in [0.15, 0.2) is 6.04 Å². The molecular formula is C10H13NO4. The molecule has 5 heteroatoms. The van der Waals surface area contributed by atoms with E-state index in [-0.39, 0.29) is 6.54 Å². The van der Waals surface area contributed by atoms with Gasteiger partial charge in [-0.25, -0.2) is 9.59 Å². The summed E-state index contributed by atoms with van der Waals surface area (Å²) in [5.74, 6) is -0.553. The van der Waals surface area contributed by atoms with Gasteiger partial charge in [-0.2, -0.15) is 0 Å². The van der Waals surface area contributed by atoms with E-state index in [0.717, 1.165) is 10.5 Å². The molecule has 0 aromatic heterocycles. The van der Waals surface area contributed by atoms with Crippen molar-refractivity contribution in [2.75, 3.05) is 13.7 Å². The van der Waals surface area contributed by atoms with E-state index in [1.807, 2.05) is 0 Å². The van der Waals surface area contributed by atoms with Crippen LogP contribution in [0.25, 0.3) is 0 Å². The molecule has 0 saturated carbocycles. The Hall–Kier alpha value is -1.78. The zero-order chi connectivity index (χ0) is 11.4. The molecule has 1 rings (SSSR count). The van der Waals surface area contributed by atoms with Gasteiger partial charge in [0.25, 0.3) is 0 Å². The fourth-order valence-corrected chi connectivity index (χ4v) is 1.57. The van der Waals surface area contributed by atoms with Gasteiger partial charge in [-0.1, -0.05) is 12.2 Å². The van der Waals surface area contributed by atoms with E-state index in [4.69, 9.17) is 5.11 Å². The first kappa shape index (κ1) is 11.3. The van der Waals surface area contributed by atoms with Gasteiger partial charge in [0.2, 0.25) is 0 Å². The van der Waals surface area contributed by atoms with Crippen molar-refractivity contribution in [3.8, 4) is 0 Å². The zero-order valence-electron chi connectivity index (χ0n) is 8.47. The molecule has 15 heavy (non-hydrogen) atoms. The summed E-state index contributed by atoms with van der Waals surface area (Å²) in [7, 11) is 1.24. The lowest BCUT2D eigenvalue weighted by molar-refractivity contribution is -0.144. The second-order valence-corrected chi connectivity index (χ2v) is 3.13.